The molecular weight excluding hydrogens is 264 g/mol. The second kappa shape index (κ2) is 8.03. The van der Waals surface area contributed by atoms with Crippen molar-refractivity contribution >= 4 is 5.91 Å². The summed E-state index contributed by atoms with van der Waals surface area (Å²) >= 11 is 0. The maximum absolute atomic E-state index is 12.6. The quantitative estimate of drug-likeness (QED) is 0.839. The molecule has 116 valence electrons. The van der Waals surface area contributed by atoms with E-state index in [0.29, 0.717) is 18.2 Å². The Hall–Kier alpha value is -1.55. The molecule has 1 saturated heterocycles. The average molecular weight is 290 g/mol. The third-order valence-electron chi connectivity index (χ3n) is 3.83. The lowest BCUT2D eigenvalue weighted by atomic mass is 10.1. The van der Waals surface area contributed by atoms with Gasteiger partial charge < -0.3 is 15.0 Å². The molecule has 0 aliphatic carbocycles. The molecule has 0 bridgehead atoms. The summed E-state index contributed by atoms with van der Waals surface area (Å²) < 4.78 is 5.61. The first-order valence-electron chi connectivity index (χ1n) is 8.00. The molecule has 0 aromatic heterocycles. The Balaban J connectivity index is 2.02. The van der Waals surface area contributed by atoms with Crippen LogP contribution in [0.5, 0.6) is 5.75 Å². The van der Waals surface area contributed by atoms with Crippen LogP contribution >= 0.6 is 0 Å². The number of hydrogen-bond donors (Lipinski definition) is 1. The zero-order valence-corrected chi connectivity index (χ0v) is 13.1. The SMILES string of the molecule is CCCOc1cccc(C(=O)N(CC)CC2CCCN2)c1. The molecule has 0 radical (unpaired) electrons. The molecule has 0 saturated carbocycles. The van der Waals surface area contributed by atoms with Crippen LogP contribution in [-0.4, -0.2) is 43.1 Å². The second-order valence-electron chi connectivity index (χ2n) is 5.51. The van der Waals surface area contributed by atoms with E-state index >= 15 is 0 Å². The highest BCUT2D eigenvalue weighted by atomic mass is 16.5. The van der Waals surface area contributed by atoms with Crippen LogP contribution in [0, 0.1) is 0 Å². The summed E-state index contributed by atoms with van der Waals surface area (Å²) in [4.78, 5) is 14.6. The minimum Gasteiger partial charge on any atom is -0.494 e. The standard InChI is InChI=1S/C17H26N2O2/c1-3-11-21-16-9-5-7-14(12-16)17(20)19(4-2)13-15-8-6-10-18-15/h5,7,9,12,15,18H,3-4,6,8,10-11,13H2,1-2H3. The maximum atomic E-state index is 12.6. The molecule has 1 aliphatic rings. The largest absolute Gasteiger partial charge is 0.494 e. The summed E-state index contributed by atoms with van der Waals surface area (Å²) in [6.45, 7) is 7.37. The van der Waals surface area contributed by atoms with Crippen LogP contribution in [0.3, 0.4) is 0 Å². The normalized spacial score (nSPS) is 17.7. The molecule has 1 aliphatic heterocycles. The van der Waals surface area contributed by atoms with Gasteiger partial charge in [0.25, 0.3) is 5.91 Å². The molecule has 1 aromatic carbocycles. The van der Waals surface area contributed by atoms with Crippen LogP contribution in [0.15, 0.2) is 24.3 Å². The van der Waals surface area contributed by atoms with E-state index in [1.165, 1.54) is 6.42 Å². The molecule has 4 nitrogen and oxygen atoms in total. The summed E-state index contributed by atoms with van der Waals surface area (Å²) in [6, 6.07) is 7.95. The molecular formula is C17H26N2O2. The first-order chi connectivity index (χ1) is 10.2. The fourth-order valence-corrected chi connectivity index (χ4v) is 2.66. The van der Waals surface area contributed by atoms with E-state index in [1.807, 2.05) is 36.1 Å². The zero-order chi connectivity index (χ0) is 15.1. The van der Waals surface area contributed by atoms with Gasteiger partial charge in [-0.2, -0.15) is 0 Å². The Kier molecular flexibility index (Phi) is 6.05. The molecule has 1 amide bonds. The van der Waals surface area contributed by atoms with Gasteiger partial charge in [0.15, 0.2) is 0 Å². The van der Waals surface area contributed by atoms with Crippen molar-refractivity contribution in [2.24, 2.45) is 0 Å². The van der Waals surface area contributed by atoms with E-state index < -0.39 is 0 Å². The van der Waals surface area contributed by atoms with Crippen molar-refractivity contribution in [3.05, 3.63) is 29.8 Å². The van der Waals surface area contributed by atoms with Gasteiger partial charge in [-0.05, 0) is 50.9 Å². The monoisotopic (exact) mass is 290 g/mol. The van der Waals surface area contributed by atoms with Crippen molar-refractivity contribution in [1.82, 2.24) is 10.2 Å². The van der Waals surface area contributed by atoms with E-state index in [4.69, 9.17) is 4.74 Å². The van der Waals surface area contributed by atoms with Crippen molar-refractivity contribution in [2.75, 3.05) is 26.2 Å². The van der Waals surface area contributed by atoms with Gasteiger partial charge in [0.2, 0.25) is 0 Å². The second-order valence-corrected chi connectivity index (χ2v) is 5.51. The number of nitrogens with zero attached hydrogens (tertiary/aromatic N) is 1. The first-order valence-corrected chi connectivity index (χ1v) is 8.00. The number of likely N-dealkylation sites (N-methyl/N-ethyl adjacent to an activating group) is 1. The van der Waals surface area contributed by atoms with Crippen LogP contribution in [0.2, 0.25) is 0 Å². The number of ether oxygens (including phenoxy) is 1. The molecule has 2 rings (SSSR count). The smallest absolute Gasteiger partial charge is 0.254 e. The van der Waals surface area contributed by atoms with E-state index in [1.54, 1.807) is 0 Å². The number of amides is 1. The van der Waals surface area contributed by atoms with Gasteiger partial charge >= 0.3 is 0 Å². The highest BCUT2D eigenvalue weighted by Gasteiger charge is 2.21. The van der Waals surface area contributed by atoms with Gasteiger partial charge in [-0.1, -0.05) is 13.0 Å². The third-order valence-corrected chi connectivity index (χ3v) is 3.83. The van der Waals surface area contributed by atoms with Crippen molar-refractivity contribution in [1.29, 1.82) is 0 Å². The van der Waals surface area contributed by atoms with Crippen LogP contribution in [-0.2, 0) is 0 Å². The number of rotatable bonds is 7. The Bertz CT molecular complexity index is 456. The zero-order valence-electron chi connectivity index (χ0n) is 13.1. The van der Waals surface area contributed by atoms with Crippen molar-refractivity contribution in [3.8, 4) is 5.75 Å². The van der Waals surface area contributed by atoms with E-state index in [9.17, 15) is 4.79 Å². The fraction of sp³-hybridized carbons (Fsp3) is 0.588. The van der Waals surface area contributed by atoms with Crippen LogP contribution in [0.4, 0.5) is 0 Å². The van der Waals surface area contributed by atoms with Gasteiger partial charge in [0.05, 0.1) is 6.61 Å². The maximum Gasteiger partial charge on any atom is 0.254 e. The van der Waals surface area contributed by atoms with Gasteiger partial charge in [-0.15, -0.1) is 0 Å². The number of carbonyl (C=O) groups excluding carboxylic acids is 1. The minimum atomic E-state index is 0.0909. The Morgan fingerprint density at radius 1 is 1.43 bits per heavy atom. The molecule has 1 heterocycles. The van der Waals surface area contributed by atoms with E-state index in [2.05, 4.69) is 12.2 Å². The highest BCUT2D eigenvalue weighted by Crippen LogP contribution is 2.16. The number of benzene rings is 1. The molecule has 1 N–H and O–H groups in total. The average Bonchev–Trinajstić information content (AvgIpc) is 3.03. The number of nitrogens with one attached hydrogen (secondary N) is 1. The number of hydrogen-bond acceptors (Lipinski definition) is 3. The van der Waals surface area contributed by atoms with Crippen molar-refractivity contribution in [2.45, 2.75) is 39.2 Å². The van der Waals surface area contributed by atoms with E-state index in [0.717, 1.165) is 38.2 Å². The van der Waals surface area contributed by atoms with Crippen molar-refractivity contribution in [3.63, 3.8) is 0 Å². The van der Waals surface area contributed by atoms with Crippen LogP contribution in [0.25, 0.3) is 0 Å². The summed E-state index contributed by atoms with van der Waals surface area (Å²) in [5.74, 6) is 0.867. The molecule has 0 spiro atoms. The molecule has 21 heavy (non-hydrogen) atoms. The van der Waals surface area contributed by atoms with Crippen LogP contribution in [0.1, 0.15) is 43.5 Å². The fourth-order valence-electron chi connectivity index (χ4n) is 2.66. The highest BCUT2D eigenvalue weighted by molar-refractivity contribution is 5.94. The van der Waals surface area contributed by atoms with Gasteiger partial charge in [0.1, 0.15) is 5.75 Å². The Labute approximate surface area is 127 Å². The molecule has 1 fully saturated rings. The number of carbonyl (C=O) groups is 1. The Morgan fingerprint density at radius 2 is 2.29 bits per heavy atom. The predicted molar refractivity (Wildman–Crippen MR) is 84.8 cm³/mol. The van der Waals surface area contributed by atoms with E-state index in [-0.39, 0.29) is 5.91 Å². The summed E-state index contributed by atoms with van der Waals surface area (Å²) in [7, 11) is 0. The summed E-state index contributed by atoms with van der Waals surface area (Å²) in [5, 5.41) is 3.45. The molecule has 1 atom stereocenters. The molecule has 1 unspecified atom stereocenters. The van der Waals surface area contributed by atoms with Gasteiger partial charge in [0, 0.05) is 24.7 Å². The van der Waals surface area contributed by atoms with Gasteiger partial charge in [-0.3, -0.25) is 4.79 Å². The lowest BCUT2D eigenvalue weighted by Gasteiger charge is -2.24. The van der Waals surface area contributed by atoms with Gasteiger partial charge in [-0.25, -0.2) is 0 Å². The molecule has 4 heteroatoms. The lowest BCUT2D eigenvalue weighted by Crippen LogP contribution is -2.41. The Morgan fingerprint density at radius 3 is 2.95 bits per heavy atom. The molecule has 1 aromatic rings. The topological polar surface area (TPSA) is 41.6 Å². The lowest BCUT2D eigenvalue weighted by molar-refractivity contribution is 0.0751. The minimum absolute atomic E-state index is 0.0909. The summed E-state index contributed by atoms with van der Waals surface area (Å²) in [6.07, 6.45) is 3.33. The van der Waals surface area contributed by atoms with Crippen LogP contribution < -0.4 is 10.1 Å². The summed E-state index contributed by atoms with van der Waals surface area (Å²) in [5.41, 5.74) is 0.712. The third kappa shape index (κ3) is 4.46. The van der Waals surface area contributed by atoms with Crippen molar-refractivity contribution < 1.29 is 9.53 Å². The predicted octanol–water partition coefficient (Wildman–Crippen LogP) is 2.69. The first kappa shape index (κ1) is 15.8.